The summed E-state index contributed by atoms with van der Waals surface area (Å²) in [6.45, 7) is 7.05. The summed E-state index contributed by atoms with van der Waals surface area (Å²) in [6, 6.07) is 0.201. The maximum absolute atomic E-state index is 12.3. The Kier molecular flexibility index (Phi) is 5.77. The number of ether oxygens (including phenoxy) is 1. The number of carbonyl (C=O) groups excluding carboxylic acids is 1. The molecule has 1 fully saturated rings. The van der Waals surface area contributed by atoms with E-state index in [1.54, 1.807) is 0 Å². The van der Waals surface area contributed by atoms with E-state index in [0.717, 1.165) is 25.9 Å². The van der Waals surface area contributed by atoms with Gasteiger partial charge in [-0.2, -0.15) is 0 Å². The molecule has 4 heteroatoms. The molecule has 0 saturated carbocycles. The predicted octanol–water partition coefficient (Wildman–Crippen LogP) is 0.869. The van der Waals surface area contributed by atoms with Crippen LogP contribution in [0.2, 0.25) is 0 Å². The van der Waals surface area contributed by atoms with Crippen molar-refractivity contribution in [2.75, 3.05) is 33.4 Å². The minimum absolute atomic E-state index is 0.178. The van der Waals surface area contributed by atoms with E-state index in [0.29, 0.717) is 19.1 Å². The van der Waals surface area contributed by atoms with E-state index in [1.165, 1.54) is 0 Å². The Bertz CT molecular complexity index is 215. The standard InChI is InChI=1S/C12H24N2O2/c1-4-10(5-2)12(15)14-6-7-16-9-11(14)8-13-3/h10-11,13H,4-9H2,1-3H3. The van der Waals surface area contributed by atoms with E-state index in [9.17, 15) is 4.79 Å². The summed E-state index contributed by atoms with van der Waals surface area (Å²) in [5.41, 5.74) is 0. The van der Waals surface area contributed by atoms with Crippen molar-refractivity contribution in [2.24, 2.45) is 5.92 Å². The first-order valence-corrected chi connectivity index (χ1v) is 6.27. The van der Waals surface area contributed by atoms with Gasteiger partial charge < -0.3 is 15.0 Å². The van der Waals surface area contributed by atoms with E-state index in [-0.39, 0.29) is 12.0 Å². The lowest BCUT2D eigenvalue weighted by atomic mass is 10.0. The number of nitrogens with zero attached hydrogens (tertiary/aromatic N) is 1. The molecule has 1 rings (SSSR count). The van der Waals surface area contributed by atoms with Gasteiger partial charge in [-0.05, 0) is 19.9 Å². The number of morpholine rings is 1. The van der Waals surface area contributed by atoms with E-state index in [2.05, 4.69) is 19.2 Å². The highest BCUT2D eigenvalue weighted by molar-refractivity contribution is 5.79. The van der Waals surface area contributed by atoms with Crippen LogP contribution in [0.4, 0.5) is 0 Å². The number of nitrogens with one attached hydrogen (secondary N) is 1. The van der Waals surface area contributed by atoms with Crippen LogP contribution < -0.4 is 5.32 Å². The molecule has 0 bridgehead atoms. The molecular weight excluding hydrogens is 204 g/mol. The first-order valence-electron chi connectivity index (χ1n) is 6.27. The van der Waals surface area contributed by atoms with Gasteiger partial charge in [0.25, 0.3) is 0 Å². The number of rotatable bonds is 5. The zero-order chi connectivity index (χ0) is 12.0. The molecule has 1 aliphatic rings. The van der Waals surface area contributed by atoms with Gasteiger partial charge in [-0.3, -0.25) is 4.79 Å². The Morgan fingerprint density at radius 2 is 2.19 bits per heavy atom. The molecule has 1 atom stereocenters. The SMILES string of the molecule is CCC(CC)C(=O)N1CCOCC1CNC. The fourth-order valence-corrected chi connectivity index (χ4v) is 2.22. The maximum Gasteiger partial charge on any atom is 0.226 e. The van der Waals surface area contributed by atoms with Gasteiger partial charge in [0.2, 0.25) is 5.91 Å². The van der Waals surface area contributed by atoms with Gasteiger partial charge in [0.1, 0.15) is 0 Å². The Balaban J connectivity index is 2.62. The van der Waals surface area contributed by atoms with Gasteiger partial charge >= 0.3 is 0 Å². The molecule has 0 spiro atoms. The lowest BCUT2D eigenvalue weighted by Gasteiger charge is -2.37. The number of hydrogen-bond donors (Lipinski definition) is 1. The number of amides is 1. The summed E-state index contributed by atoms with van der Waals surface area (Å²) >= 11 is 0. The van der Waals surface area contributed by atoms with Crippen LogP contribution in [-0.4, -0.2) is 50.2 Å². The molecule has 1 aliphatic heterocycles. The van der Waals surface area contributed by atoms with Gasteiger partial charge in [0.15, 0.2) is 0 Å². The molecule has 1 amide bonds. The van der Waals surface area contributed by atoms with Crippen LogP contribution in [-0.2, 0) is 9.53 Å². The van der Waals surface area contributed by atoms with Crippen LogP contribution >= 0.6 is 0 Å². The highest BCUT2D eigenvalue weighted by Gasteiger charge is 2.29. The molecule has 0 radical (unpaired) electrons. The van der Waals surface area contributed by atoms with Crippen molar-refractivity contribution in [3.05, 3.63) is 0 Å². The van der Waals surface area contributed by atoms with E-state index >= 15 is 0 Å². The zero-order valence-corrected chi connectivity index (χ0v) is 10.7. The van der Waals surface area contributed by atoms with Crippen LogP contribution in [0.1, 0.15) is 26.7 Å². The molecule has 1 unspecified atom stereocenters. The molecule has 4 nitrogen and oxygen atoms in total. The normalized spacial score (nSPS) is 21.5. The second kappa shape index (κ2) is 6.86. The molecule has 94 valence electrons. The second-order valence-electron chi connectivity index (χ2n) is 4.33. The number of hydrogen-bond acceptors (Lipinski definition) is 3. The zero-order valence-electron chi connectivity index (χ0n) is 10.7. The number of likely N-dealkylation sites (N-methyl/N-ethyl adjacent to an activating group) is 1. The molecule has 1 heterocycles. The summed E-state index contributed by atoms with van der Waals surface area (Å²) in [6.07, 6.45) is 1.86. The van der Waals surface area contributed by atoms with Gasteiger partial charge in [0.05, 0.1) is 19.3 Å². The second-order valence-corrected chi connectivity index (χ2v) is 4.33. The minimum atomic E-state index is 0.178. The third kappa shape index (κ3) is 3.19. The quantitative estimate of drug-likeness (QED) is 0.759. The van der Waals surface area contributed by atoms with Gasteiger partial charge in [-0.15, -0.1) is 0 Å². The predicted molar refractivity (Wildman–Crippen MR) is 64.3 cm³/mol. The Morgan fingerprint density at radius 3 is 2.75 bits per heavy atom. The fraction of sp³-hybridized carbons (Fsp3) is 0.917. The van der Waals surface area contributed by atoms with Crippen molar-refractivity contribution in [3.63, 3.8) is 0 Å². The summed E-state index contributed by atoms with van der Waals surface area (Å²) < 4.78 is 5.43. The Morgan fingerprint density at radius 1 is 1.50 bits per heavy atom. The summed E-state index contributed by atoms with van der Waals surface area (Å²) in [4.78, 5) is 14.3. The van der Waals surface area contributed by atoms with Crippen LogP contribution in [0.25, 0.3) is 0 Å². The van der Waals surface area contributed by atoms with Gasteiger partial charge in [0, 0.05) is 19.0 Å². The van der Waals surface area contributed by atoms with Crippen molar-refractivity contribution in [3.8, 4) is 0 Å². The molecule has 1 N–H and O–H groups in total. The monoisotopic (exact) mass is 228 g/mol. The van der Waals surface area contributed by atoms with Crippen molar-refractivity contribution in [1.29, 1.82) is 0 Å². The topological polar surface area (TPSA) is 41.6 Å². The molecular formula is C12H24N2O2. The Hall–Kier alpha value is -0.610. The average Bonchev–Trinajstić information content (AvgIpc) is 2.31. The highest BCUT2D eigenvalue weighted by atomic mass is 16.5. The number of carbonyl (C=O) groups is 1. The highest BCUT2D eigenvalue weighted by Crippen LogP contribution is 2.16. The van der Waals surface area contributed by atoms with E-state index in [1.807, 2.05) is 11.9 Å². The summed E-state index contributed by atoms with van der Waals surface area (Å²) in [5.74, 6) is 0.478. The first-order chi connectivity index (χ1) is 7.74. The lowest BCUT2D eigenvalue weighted by molar-refractivity contribution is -0.144. The molecule has 0 aromatic heterocycles. The van der Waals surface area contributed by atoms with Crippen molar-refractivity contribution < 1.29 is 9.53 Å². The smallest absolute Gasteiger partial charge is 0.226 e. The first kappa shape index (κ1) is 13.5. The maximum atomic E-state index is 12.3. The van der Waals surface area contributed by atoms with Crippen LogP contribution in [0.3, 0.4) is 0 Å². The average molecular weight is 228 g/mol. The molecule has 16 heavy (non-hydrogen) atoms. The lowest BCUT2D eigenvalue weighted by Crippen LogP contribution is -2.54. The molecule has 1 saturated heterocycles. The molecule has 0 aliphatic carbocycles. The minimum Gasteiger partial charge on any atom is -0.377 e. The van der Waals surface area contributed by atoms with Crippen molar-refractivity contribution in [2.45, 2.75) is 32.7 Å². The third-order valence-electron chi connectivity index (χ3n) is 3.29. The van der Waals surface area contributed by atoms with Gasteiger partial charge in [-0.1, -0.05) is 13.8 Å². The fourth-order valence-electron chi connectivity index (χ4n) is 2.22. The summed E-state index contributed by atoms with van der Waals surface area (Å²) in [7, 11) is 1.91. The van der Waals surface area contributed by atoms with Crippen LogP contribution in [0.5, 0.6) is 0 Å². The van der Waals surface area contributed by atoms with E-state index in [4.69, 9.17) is 4.74 Å². The van der Waals surface area contributed by atoms with Crippen molar-refractivity contribution in [1.82, 2.24) is 10.2 Å². The van der Waals surface area contributed by atoms with Gasteiger partial charge in [-0.25, -0.2) is 0 Å². The van der Waals surface area contributed by atoms with Crippen LogP contribution in [0.15, 0.2) is 0 Å². The van der Waals surface area contributed by atoms with Crippen LogP contribution in [0, 0.1) is 5.92 Å². The molecule has 0 aromatic rings. The van der Waals surface area contributed by atoms with Crippen molar-refractivity contribution >= 4 is 5.91 Å². The Labute approximate surface area is 98.3 Å². The molecule has 0 aromatic carbocycles. The summed E-state index contributed by atoms with van der Waals surface area (Å²) in [5, 5.41) is 3.12. The largest absolute Gasteiger partial charge is 0.377 e. The third-order valence-corrected chi connectivity index (χ3v) is 3.29. The van der Waals surface area contributed by atoms with E-state index < -0.39 is 0 Å².